The molecule has 122 valence electrons. The van der Waals surface area contributed by atoms with Gasteiger partial charge in [0.15, 0.2) is 0 Å². The Hall–Kier alpha value is -2.40. The Labute approximate surface area is 135 Å². The fraction of sp³-hybridized carbons (Fsp3) is 0.278. The number of halogens is 1. The SMILES string of the molecule is CC(NC(=O)[C@@H](C)N)c1ccc(OCc2ccc(F)cc2)cc1. The summed E-state index contributed by atoms with van der Waals surface area (Å²) in [6.07, 6.45) is 0. The Morgan fingerprint density at radius 1 is 1.13 bits per heavy atom. The first-order valence-electron chi connectivity index (χ1n) is 7.49. The summed E-state index contributed by atoms with van der Waals surface area (Å²) in [5.41, 5.74) is 7.40. The second-order valence-corrected chi connectivity index (χ2v) is 5.50. The van der Waals surface area contributed by atoms with Crippen LogP contribution in [0.1, 0.15) is 31.0 Å². The molecular weight excluding hydrogens is 295 g/mol. The topological polar surface area (TPSA) is 64.4 Å². The molecule has 2 rings (SSSR count). The highest BCUT2D eigenvalue weighted by Crippen LogP contribution is 2.18. The monoisotopic (exact) mass is 316 g/mol. The lowest BCUT2D eigenvalue weighted by molar-refractivity contribution is -0.122. The number of carbonyl (C=O) groups is 1. The molecule has 0 radical (unpaired) electrons. The molecule has 0 aromatic heterocycles. The van der Waals surface area contributed by atoms with Crippen molar-refractivity contribution in [1.29, 1.82) is 0 Å². The summed E-state index contributed by atoms with van der Waals surface area (Å²) in [7, 11) is 0. The van der Waals surface area contributed by atoms with Crippen molar-refractivity contribution in [3.63, 3.8) is 0 Å². The average Bonchev–Trinajstić information content (AvgIpc) is 2.54. The first-order valence-corrected chi connectivity index (χ1v) is 7.49. The minimum Gasteiger partial charge on any atom is -0.489 e. The van der Waals surface area contributed by atoms with E-state index in [2.05, 4.69) is 5.32 Å². The van der Waals surface area contributed by atoms with Gasteiger partial charge in [0.05, 0.1) is 12.1 Å². The molecule has 2 aromatic rings. The highest BCUT2D eigenvalue weighted by molar-refractivity contribution is 5.81. The van der Waals surface area contributed by atoms with E-state index in [1.807, 2.05) is 31.2 Å². The van der Waals surface area contributed by atoms with Crippen LogP contribution in [0.4, 0.5) is 4.39 Å². The van der Waals surface area contributed by atoms with E-state index < -0.39 is 6.04 Å². The lowest BCUT2D eigenvalue weighted by atomic mass is 10.1. The summed E-state index contributed by atoms with van der Waals surface area (Å²) in [6.45, 7) is 3.92. The van der Waals surface area contributed by atoms with E-state index in [-0.39, 0.29) is 17.8 Å². The van der Waals surface area contributed by atoms with Crippen LogP contribution in [0.25, 0.3) is 0 Å². The fourth-order valence-corrected chi connectivity index (χ4v) is 2.03. The van der Waals surface area contributed by atoms with E-state index in [4.69, 9.17) is 10.5 Å². The molecule has 23 heavy (non-hydrogen) atoms. The number of ether oxygens (including phenoxy) is 1. The van der Waals surface area contributed by atoms with E-state index in [0.717, 1.165) is 11.1 Å². The van der Waals surface area contributed by atoms with Gasteiger partial charge in [0.1, 0.15) is 18.2 Å². The third-order valence-corrected chi connectivity index (χ3v) is 3.47. The van der Waals surface area contributed by atoms with Gasteiger partial charge in [0.25, 0.3) is 0 Å². The van der Waals surface area contributed by atoms with Crippen LogP contribution in [0, 0.1) is 5.82 Å². The van der Waals surface area contributed by atoms with E-state index in [0.29, 0.717) is 12.4 Å². The summed E-state index contributed by atoms with van der Waals surface area (Å²) in [5, 5.41) is 2.84. The molecule has 1 unspecified atom stereocenters. The number of nitrogens with one attached hydrogen (secondary N) is 1. The van der Waals surface area contributed by atoms with Gasteiger partial charge in [-0.15, -0.1) is 0 Å². The molecule has 0 aliphatic carbocycles. The lowest BCUT2D eigenvalue weighted by Gasteiger charge is -2.16. The number of nitrogens with two attached hydrogens (primary N) is 1. The molecular formula is C18H21FN2O2. The number of hydrogen-bond acceptors (Lipinski definition) is 3. The van der Waals surface area contributed by atoms with Crippen molar-refractivity contribution in [3.05, 3.63) is 65.5 Å². The average molecular weight is 316 g/mol. The van der Waals surface area contributed by atoms with Gasteiger partial charge in [-0.1, -0.05) is 24.3 Å². The van der Waals surface area contributed by atoms with Gasteiger partial charge in [0, 0.05) is 0 Å². The molecule has 0 aliphatic heterocycles. The van der Waals surface area contributed by atoms with Crippen molar-refractivity contribution >= 4 is 5.91 Å². The zero-order chi connectivity index (χ0) is 16.8. The van der Waals surface area contributed by atoms with Crippen molar-refractivity contribution in [2.45, 2.75) is 32.5 Å². The fourth-order valence-electron chi connectivity index (χ4n) is 2.03. The molecule has 0 bridgehead atoms. The molecule has 1 amide bonds. The Morgan fingerprint density at radius 3 is 2.30 bits per heavy atom. The molecule has 0 aliphatic rings. The minimum absolute atomic E-state index is 0.125. The zero-order valence-corrected chi connectivity index (χ0v) is 13.3. The highest BCUT2D eigenvalue weighted by atomic mass is 19.1. The smallest absolute Gasteiger partial charge is 0.237 e. The molecule has 2 atom stereocenters. The molecule has 5 heteroatoms. The summed E-state index contributed by atoms with van der Waals surface area (Å²) in [5.74, 6) is 0.263. The van der Waals surface area contributed by atoms with Crippen molar-refractivity contribution in [1.82, 2.24) is 5.32 Å². The van der Waals surface area contributed by atoms with Gasteiger partial charge in [-0.25, -0.2) is 4.39 Å². The van der Waals surface area contributed by atoms with E-state index in [1.165, 1.54) is 12.1 Å². The standard InChI is InChI=1S/C18H21FN2O2/c1-12(20)18(22)21-13(2)15-5-9-17(10-6-15)23-11-14-3-7-16(19)8-4-14/h3-10,12-13H,11,20H2,1-2H3,(H,21,22)/t12-,13?/m1/s1. The first-order chi connectivity index (χ1) is 11.0. The van der Waals surface area contributed by atoms with Gasteiger partial charge in [-0.3, -0.25) is 4.79 Å². The van der Waals surface area contributed by atoms with Crippen LogP contribution in [-0.4, -0.2) is 11.9 Å². The van der Waals surface area contributed by atoms with Gasteiger partial charge in [0.2, 0.25) is 5.91 Å². The summed E-state index contributed by atoms with van der Waals surface area (Å²) >= 11 is 0. The normalized spacial score (nSPS) is 13.2. The summed E-state index contributed by atoms with van der Waals surface area (Å²) < 4.78 is 18.5. The van der Waals surface area contributed by atoms with Crippen molar-refractivity contribution in [3.8, 4) is 5.75 Å². The maximum Gasteiger partial charge on any atom is 0.237 e. The number of hydrogen-bond donors (Lipinski definition) is 2. The van der Waals surface area contributed by atoms with E-state index in [9.17, 15) is 9.18 Å². The van der Waals surface area contributed by atoms with Crippen LogP contribution in [0.15, 0.2) is 48.5 Å². The number of amides is 1. The molecule has 0 fully saturated rings. The highest BCUT2D eigenvalue weighted by Gasteiger charge is 2.12. The zero-order valence-electron chi connectivity index (χ0n) is 13.3. The van der Waals surface area contributed by atoms with Crippen molar-refractivity contribution < 1.29 is 13.9 Å². The van der Waals surface area contributed by atoms with Crippen molar-refractivity contribution in [2.24, 2.45) is 5.73 Å². The van der Waals surface area contributed by atoms with Crippen molar-refractivity contribution in [2.75, 3.05) is 0 Å². The minimum atomic E-state index is -0.532. The first kappa shape index (κ1) is 17.0. The molecule has 0 heterocycles. The molecule has 0 saturated heterocycles. The largest absolute Gasteiger partial charge is 0.489 e. The summed E-state index contributed by atoms with van der Waals surface area (Å²) in [6, 6.07) is 13.0. The van der Waals surface area contributed by atoms with Gasteiger partial charge < -0.3 is 15.8 Å². The van der Waals surface area contributed by atoms with Crippen LogP contribution >= 0.6 is 0 Å². The quantitative estimate of drug-likeness (QED) is 0.861. The maximum absolute atomic E-state index is 12.8. The Balaban J connectivity index is 1.91. The third-order valence-electron chi connectivity index (χ3n) is 3.47. The maximum atomic E-state index is 12.8. The molecule has 3 N–H and O–H groups in total. The van der Waals surface area contributed by atoms with E-state index in [1.54, 1.807) is 19.1 Å². The van der Waals surface area contributed by atoms with Crippen LogP contribution in [-0.2, 0) is 11.4 Å². The predicted octanol–water partition coefficient (Wildman–Crippen LogP) is 2.93. The van der Waals surface area contributed by atoms with Crippen LogP contribution < -0.4 is 15.8 Å². The Morgan fingerprint density at radius 2 is 1.74 bits per heavy atom. The Bertz CT molecular complexity index is 639. The molecule has 4 nitrogen and oxygen atoms in total. The van der Waals surface area contributed by atoms with Gasteiger partial charge in [-0.2, -0.15) is 0 Å². The lowest BCUT2D eigenvalue weighted by Crippen LogP contribution is -2.39. The van der Waals surface area contributed by atoms with Gasteiger partial charge >= 0.3 is 0 Å². The van der Waals surface area contributed by atoms with E-state index >= 15 is 0 Å². The summed E-state index contributed by atoms with van der Waals surface area (Å²) in [4.78, 5) is 11.6. The molecule has 2 aromatic carbocycles. The van der Waals surface area contributed by atoms with Gasteiger partial charge in [-0.05, 0) is 49.2 Å². The van der Waals surface area contributed by atoms with Crippen LogP contribution in [0.2, 0.25) is 0 Å². The second kappa shape index (κ2) is 7.74. The number of rotatable bonds is 6. The third kappa shape index (κ3) is 5.07. The predicted molar refractivity (Wildman–Crippen MR) is 87.4 cm³/mol. The van der Waals surface area contributed by atoms with Crippen LogP contribution in [0.3, 0.4) is 0 Å². The van der Waals surface area contributed by atoms with Crippen LogP contribution in [0.5, 0.6) is 5.75 Å². The molecule has 0 spiro atoms. The Kier molecular flexibility index (Phi) is 5.71. The molecule has 0 saturated carbocycles. The number of benzene rings is 2. The number of carbonyl (C=O) groups excluding carboxylic acids is 1. The second-order valence-electron chi connectivity index (χ2n) is 5.50.